The standard InChI is InChI=1S/C25H29N5/c1-16(2)30-15-21(20-7-9-26-14-23(20)30)22-8-10-27-24(29-22)28-19-12-17(3)11-18(13-19)25(4,5)6/h7-16H,1-6H3,(H,27,28,29). The van der Waals surface area contributed by atoms with Crippen molar-refractivity contribution >= 4 is 22.5 Å². The van der Waals surface area contributed by atoms with Crippen molar-refractivity contribution in [2.45, 2.75) is 53.0 Å². The van der Waals surface area contributed by atoms with Crippen molar-refractivity contribution in [1.82, 2.24) is 19.5 Å². The van der Waals surface area contributed by atoms with Crippen LogP contribution in [0.2, 0.25) is 0 Å². The first-order valence-electron chi connectivity index (χ1n) is 10.4. The highest BCUT2D eigenvalue weighted by Gasteiger charge is 2.16. The van der Waals surface area contributed by atoms with Crippen LogP contribution in [0.3, 0.4) is 0 Å². The molecule has 0 radical (unpaired) electrons. The van der Waals surface area contributed by atoms with Gasteiger partial charge in [-0.1, -0.05) is 26.8 Å². The molecule has 3 heterocycles. The van der Waals surface area contributed by atoms with E-state index in [1.165, 1.54) is 11.1 Å². The largest absolute Gasteiger partial charge is 0.343 e. The van der Waals surface area contributed by atoms with Crippen molar-refractivity contribution in [2.75, 3.05) is 5.32 Å². The number of hydrogen-bond acceptors (Lipinski definition) is 4. The number of pyridine rings is 1. The van der Waals surface area contributed by atoms with E-state index < -0.39 is 0 Å². The number of nitrogens with one attached hydrogen (secondary N) is 1. The number of rotatable bonds is 4. The van der Waals surface area contributed by atoms with E-state index in [1.54, 1.807) is 0 Å². The predicted molar refractivity (Wildman–Crippen MR) is 124 cm³/mol. The molecule has 0 bridgehead atoms. The van der Waals surface area contributed by atoms with E-state index in [-0.39, 0.29) is 5.41 Å². The number of nitrogens with zero attached hydrogens (tertiary/aromatic N) is 4. The number of hydrogen-bond donors (Lipinski definition) is 1. The normalized spacial score (nSPS) is 12.0. The van der Waals surface area contributed by atoms with Crippen molar-refractivity contribution in [3.8, 4) is 11.3 Å². The van der Waals surface area contributed by atoms with Crippen LogP contribution < -0.4 is 5.32 Å². The number of aromatic nitrogens is 4. The van der Waals surface area contributed by atoms with E-state index in [1.807, 2.05) is 24.7 Å². The Bertz CT molecular complexity index is 1200. The number of benzene rings is 1. The molecule has 3 aromatic heterocycles. The minimum Gasteiger partial charge on any atom is -0.343 e. The Kier molecular flexibility index (Phi) is 5.06. The van der Waals surface area contributed by atoms with E-state index in [2.05, 4.69) is 91.9 Å². The van der Waals surface area contributed by atoms with Crippen LogP contribution in [0.1, 0.15) is 51.8 Å². The van der Waals surface area contributed by atoms with E-state index in [0.717, 1.165) is 27.8 Å². The van der Waals surface area contributed by atoms with Gasteiger partial charge in [0.05, 0.1) is 17.4 Å². The average molecular weight is 400 g/mol. The van der Waals surface area contributed by atoms with Gasteiger partial charge >= 0.3 is 0 Å². The number of aryl methyl sites for hydroxylation is 1. The molecule has 30 heavy (non-hydrogen) atoms. The summed E-state index contributed by atoms with van der Waals surface area (Å²) in [5, 5.41) is 4.55. The van der Waals surface area contributed by atoms with Crippen LogP contribution in [-0.4, -0.2) is 19.5 Å². The summed E-state index contributed by atoms with van der Waals surface area (Å²) in [5.74, 6) is 0.595. The average Bonchev–Trinajstić information content (AvgIpc) is 3.07. The Morgan fingerprint density at radius 2 is 1.83 bits per heavy atom. The molecule has 0 saturated heterocycles. The monoisotopic (exact) mass is 399 g/mol. The van der Waals surface area contributed by atoms with Crippen LogP contribution in [0, 0.1) is 6.92 Å². The van der Waals surface area contributed by atoms with Crippen LogP contribution in [0.25, 0.3) is 22.2 Å². The molecule has 0 aliphatic heterocycles. The number of anilines is 2. The lowest BCUT2D eigenvalue weighted by atomic mass is 9.86. The summed E-state index contributed by atoms with van der Waals surface area (Å²) in [6.07, 6.45) is 7.72. The highest BCUT2D eigenvalue weighted by molar-refractivity contribution is 5.94. The molecule has 0 aliphatic carbocycles. The Morgan fingerprint density at radius 3 is 2.57 bits per heavy atom. The molecule has 4 rings (SSSR count). The molecule has 0 aliphatic rings. The van der Waals surface area contributed by atoms with Gasteiger partial charge in [-0.15, -0.1) is 0 Å². The van der Waals surface area contributed by atoms with Gasteiger partial charge in [0.1, 0.15) is 0 Å². The van der Waals surface area contributed by atoms with Crippen molar-refractivity contribution in [3.05, 3.63) is 66.2 Å². The molecule has 5 heteroatoms. The Morgan fingerprint density at radius 1 is 1.03 bits per heavy atom. The van der Waals surface area contributed by atoms with Gasteiger partial charge in [0.15, 0.2) is 0 Å². The van der Waals surface area contributed by atoms with E-state index in [4.69, 9.17) is 4.98 Å². The zero-order chi connectivity index (χ0) is 21.5. The zero-order valence-electron chi connectivity index (χ0n) is 18.6. The first-order chi connectivity index (χ1) is 14.2. The highest BCUT2D eigenvalue weighted by Crippen LogP contribution is 2.32. The van der Waals surface area contributed by atoms with Crippen LogP contribution in [-0.2, 0) is 5.41 Å². The van der Waals surface area contributed by atoms with E-state index in [9.17, 15) is 0 Å². The van der Waals surface area contributed by atoms with Crippen LogP contribution in [0.5, 0.6) is 0 Å². The molecule has 0 unspecified atom stereocenters. The highest BCUT2D eigenvalue weighted by atomic mass is 15.1. The minimum absolute atomic E-state index is 0.0812. The third-order valence-electron chi connectivity index (χ3n) is 5.32. The molecule has 4 aromatic rings. The SMILES string of the molecule is Cc1cc(Nc2nccc(-c3cn(C(C)C)c4cnccc34)n2)cc(C(C)(C)C)c1. The quantitative estimate of drug-likeness (QED) is 0.430. The fourth-order valence-electron chi connectivity index (χ4n) is 3.72. The molecule has 0 saturated carbocycles. The summed E-state index contributed by atoms with van der Waals surface area (Å²) < 4.78 is 2.24. The summed E-state index contributed by atoms with van der Waals surface area (Å²) in [5.41, 5.74) is 6.69. The van der Waals surface area contributed by atoms with Gasteiger partial charge in [-0.2, -0.15) is 0 Å². The van der Waals surface area contributed by atoms with Crippen LogP contribution in [0.15, 0.2) is 55.1 Å². The third kappa shape index (κ3) is 3.92. The maximum Gasteiger partial charge on any atom is 0.227 e. The fraction of sp³-hybridized carbons (Fsp3) is 0.320. The molecule has 0 fully saturated rings. The van der Waals surface area contributed by atoms with Crippen molar-refractivity contribution in [1.29, 1.82) is 0 Å². The summed E-state index contributed by atoms with van der Waals surface area (Å²) in [7, 11) is 0. The lowest BCUT2D eigenvalue weighted by molar-refractivity contribution is 0.590. The second-order valence-electron chi connectivity index (χ2n) is 9.16. The van der Waals surface area contributed by atoms with Gasteiger partial charge in [-0.05, 0) is 61.6 Å². The van der Waals surface area contributed by atoms with E-state index >= 15 is 0 Å². The van der Waals surface area contributed by atoms with Crippen molar-refractivity contribution < 1.29 is 0 Å². The summed E-state index contributed by atoms with van der Waals surface area (Å²) in [6, 6.07) is 10.9. The molecular formula is C25H29N5. The topological polar surface area (TPSA) is 55.6 Å². The molecule has 1 N–H and O–H groups in total. The Hall–Kier alpha value is -3.21. The second-order valence-corrected chi connectivity index (χ2v) is 9.16. The number of fused-ring (bicyclic) bond motifs is 1. The van der Waals surface area contributed by atoms with Crippen LogP contribution in [0.4, 0.5) is 11.6 Å². The van der Waals surface area contributed by atoms with E-state index in [0.29, 0.717) is 12.0 Å². The molecule has 0 atom stereocenters. The second kappa shape index (κ2) is 7.56. The predicted octanol–water partition coefficient (Wildman–Crippen LogP) is 6.42. The molecule has 0 spiro atoms. The van der Waals surface area contributed by atoms with Crippen LogP contribution >= 0.6 is 0 Å². The first kappa shape index (κ1) is 20.1. The maximum absolute atomic E-state index is 4.83. The Balaban J connectivity index is 1.73. The van der Waals surface area contributed by atoms with Gasteiger partial charge in [0, 0.05) is 41.3 Å². The van der Waals surface area contributed by atoms with Gasteiger partial charge < -0.3 is 9.88 Å². The molecule has 154 valence electrons. The zero-order valence-corrected chi connectivity index (χ0v) is 18.6. The van der Waals surface area contributed by atoms with Gasteiger partial charge in [0.25, 0.3) is 0 Å². The van der Waals surface area contributed by atoms with Gasteiger partial charge in [-0.3, -0.25) is 4.98 Å². The molecule has 5 nitrogen and oxygen atoms in total. The summed E-state index contributed by atoms with van der Waals surface area (Å²) >= 11 is 0. The van der Waals surface area contributed by atoms with Gasteiger partial charge in [-0.25, -0.2) is 9.97 Å². The molecule has 1 aromatic carbocycles. The maximum atomic E-state index is 4.83. The van der Waals surface area contributed by atoms with Crippen molar-refractivity contribution in [3.63, 3.8) is 0 Å². The lowest BCUT2D eigenvalue weighted by Crippen LogP contribution is -2.11. The lowest BCUT2D eigenvalue weighted by Gasteiger charge is -2.21. The smallest absolute Gasteiger partial charge is 0.227 e. The third-order valence-corrected chi connectivity index (χ3v) is 5.32. The van der Waals surface area contributed by atoms with Crippen molar-refractivity contribution in [2.24, 2.45) is 0 Å². The Labute approximate surface area is 178 Å². The summed E-state index contributed by atoms with van der Waals surface area (Å²) in [6.45, 7) is 13.1. The first-order valence-corrected chi connectivity index (χ1v) is 10.4. The van der Waals surface area contributed by atoms with Gasteiger partial charge in [0.2, 0.25) is 5.95 Å². The summed E-state index contributed by atoms with van der Waals surface area (Å²) in [4.78, 5) is 13.6. The minimum atomic E-state index is 0.0812. The fourth-order valence-corrected chi connectivity index (χ4v) is 3.72. The molecule has 0 amide bonds. The molecular weight excluding hydrogens is 370 g/mol.